The van der Waals surface area contributed by atoms with Gasteiger partial charge in [0.1, 0.15) is 6.29 Å². The molecular weight excluding hydrogens is 206 g/mol. The minimum atomic E-state index is 0.130. The van der Waals surface area contributed by atoms with Gasteiger partial charge in [-0.3, -0.25) is 0 Å². The summed E-state index contributed by atoms with van der Waals surface area (Å²) in [5, 5.41) is 3.27. The Labute approximate surface area is 95.7 Å². The minimum absolute atomic E-state index is 0.130. The van der Waals surface area contributed by atoms with Gasteiger partial charge >= 0.3 is 0 Å². The second kappa shape index (κ2) is 4.88. The van der Waals surface area contributed by atoms with Crippen LogP contribution in [0.3, 0.4) is 0 Å². The van der Waals surface area contributed by atoms with E-state index in [0.29, 0.717) is 0 Å². The zero-order valence-corrected chi connectivity index (χ0v) is 10.7. The van der Waals surface area contributed by atoms with E-state index in [9.17, 15) is 4.79 Å². The van der Waals surface area contributed by atoms with E-state index in [-0.39, 0.29) is 11.3 Å². The summed E-state index contributed by atoms with van der Waals surface area (Å²) in [5.74, 6) is 0.145. The van der Waals surface area contributed by atoms with Gasteiger partial charge in [-0.25, -0.2) is 4.98 Å². The molecule has 15 heavy (non-hydrogen) atoms. The predicted octanol–water partition coefficient (Wildman–Crippen LogP) is 3.21. The average molecular weight is 225 g/mol. The van der Waals surface area contributed by atoms with Gasteiger partial charge in [0, 0.05) is 16.7 Å². The van der Waals surface area contributed by atoms with Crippen molar-refractivity contribution in [2.75, 3.05) is 0 Å². The van der Waals surface area contributed by atoms with Crippen LogP contribution in [0.5, 0.6) is 0 Å². The third-order valence-corrected chi connectivity index (χ3v) is 3.27. The highest BCUT2D eigenvalue weighted by atomic mass is 32.1. The Balaban J connectivity index is 2.57. The van der Waals surface area contributed by atoms with Crippen LogP contribution in [0.2, 0.25) is 0 Å². The first-order chi connectivity index (χ1) is 6.93. The Bertz CT molecular complexity index is 325. The summed E-state index contributed by atoms with van der Waals surface area (Å²) in [5.41, 5.74) is 1.28. The SMILES string of the molecule is CC(C=O)CCc1nc(C(C)(C)C)cs1. The van der Waals surface area contributed by atoms with Crippen molar-refractivity contribution in [2.45, 2.75) is 46.0 Å². The fourth-order valence-electron chi connectivity index (χ4n) is 1.19. The van der Waals surface area contributed by atoms with Gasteiger partial charge in [0.15, 0.2) is 0 Å². The normalized spacial score (nSPS) is 13.9. The second-order valence-corrected chi connectivity index (χ2v) is 5.97. The van der Waals surface area contributed by atoms with Gasteiger partial charge in [0.25, 0.3) is 0 Å². The van der Waals surface area contributed by atoms with Gasteiger partial charge in [0.2, 0.25) is 0 Å². The molecule has 0 radical (unpaired) electrons. The molecule has 0 aliphatic rings. The van der Waals surface area contributed by atoms with E-state index in [1.165, 1.54) is 0 Å². The van der Waals surface area contributed by atoms with Crippen LogP contribution in [0, 0.1) is 5.92 Å². The molecule has 1 atom stereocenters. The lowest BCUT2D eigenvalue weighted by molar-refractivity contribution is -0.110. The van der Waals surface area contributed by atoms with Gasteiger partial charge in [-0.1, -0.05) is 27.7 Å². The zero-order chi connectivity index (χ0) is 11.5. The summed E-state index contributed by atoms with van der Waals surface area (Å²) in [4.78, 5) is 15.1. The molecular formula is C12H19NOS. The number of carbonyl (C=O) groups excluding carboxylic acids is 1. The lowest BCUT2D eigenvalue weighted by Crippen LogP contribution is -2.11. The first kappa shape index (κ1) is 12.4. The smallest absolute Gasteiger partial charge is 0.122 e. The van der Waals surface area contributed by atoms with E-state index < -0.39 is 0 Å². The highest BCUT2D eigenvalue weighted by molar-refractivity contribution is 7.09. The Hall–Kier alpha value is -0.700. The molecule has 84 valence electrons. The van der Waals surface area contributed by atoms with Crippen molar-refractivity contribution in [1.29, 1.82) is 0 Å². The van der Waals surface area contributed by atoms with Crippen LogP contribution in [-0.2, 0) is 16.6 Å². The van der Waals surface area contributed by atoms with E-state index in [2.05, 4.69) is 31.1 Å². The zero-order valence-electron chi connectivity index (χ0n) is 9.91. The fraction of sp³-hybridized carbons (Fsp3) is 0.667. The van der Waals surface area contributed by atoms with Gasteiger partial charge in [-0.15, -0.1) is 11.3 Å². The van der Waals surface area contributed by atoms with Gasteiger partial charge < -0.3 is 4.79 Å². The highest BCUT2D eigenvalue weighted by Gasteiger charge is 2.17. The van der Waals surface area contributed by atoms with Crippen molar-refractivity contribution in [3.8, 4) is 0 Å². The molecule has 0 saturated carbocycles. The Morgan fingerprint density at radius 2 is 2.20 bits per heavy atom. The summed E-state index contributed by atoms with van der Waals surface area (Å²) in [6, 6.07) is 0. The third-order valence-electron chi connectivity index (χ3n) is 2.37. The van der Waals surface area contributed by atoms with Crippen molar-refractivity contribution < 1.29 is 4.79 Å². The Morgan fingerprint density at radius 1 is 1.53 bits per heavy atom. The van der Waals surface area contributed by atoms with Crippen molar-refractivity contribution in [3.63, 3.8) is 0 Å². The van der Waals surface area contributed by atoms with Gasteiger partial charge in [-0.2, -0.15) is 0 Å². The van der Waals surface area contributed by atoms with Gasteiger partial charge in [-0.05, 0) is 12.8 Å². The van der Waals surface area contributed by atoms with E-state index >= 15 is 0 Å². The number of rotatable bonds is 4. The van der Waals surface area contributed by atoms with Crippen LogP contribution in [-0.4, -0.2) is 11.3 Å². The maximum atomic E-state index is 10.5. The van der Waals surface area contributed by atoms with E-state index in [1.54, 1.807) is 11.3 Å². The number of nitrogens with zero attached hydrogens (tertiary/aromatic N) is 1. The molecule has 1 aromatic rings. The summed E-state index contributed by atoms with van der Waals surface area (Å²) in [7, 11) is 0. The molecule has 0 amide bonds. The molecule has 0 spiro atoms. The first-order valence-electron chi connectivity index (χ1n) is 5.33. The van der Waals surface area contributed by atoms with Gasteiger partial charge in [0.05, 0.1) is 10.7 Å². The Morgan fingerprint density at radius 3 is 2.67 bits per heavy atom. The number of aromatic nitrogens is 1. The maximum Gasteiger partial charge on any atom is 0.122 e. The molecule has 1 unspecified atom stereocenters. The predicted molar refractivity (Wildman–Crippen MR) is 64.4 cm³/mol. The molecule has 0 fully saturated rings. The maximum absolute atomic E-state index is 10.5. The lowest BCUT2D eigenvalue weighted by Gasteiger charge is -2.14. The molecule has 0 saturated heterocycles. The van der Waals surface area contributed by atoms with Crippen LogP contribution >= 0.6 is 11.3 Å². The average Bonchev–Trinajstić information content (AvgIpc) is 2.61. The lowest BCUT2D eigenvalue weighted by atomic mass is 9.93. The van der Waals surface area contributed by atoms with E-state index in [1.807, 2.05) is 6.92 Å². The topological polar surface area (TPSA) is 30.0 Å². The van der Waals surface area contributed by atoms with Crippen molar-refractivity contribution >= 4 is 17.6 Å². The summed E-state index contributed by atoms with van der Waals surface area (Å²) < 4.78 is 0. The van der Waals surface area contributed by atoms with Crippen LogP contribution < -0.4 is 0 Å². The van der Waals surface area contributed by atoms with Crippen molar-refractivity contribution in [2.24, 2.45) is 5.92 Å². The second-order valence-electron chi connectivity index (χ2n) is 5.03. The largest absolute Gasteiger partial charge is 0.303 e. The summed E-state index contributed by atoms with van der Waals surface area (Å²) in [6.45, 7) is 8.45. The van der Waals surface area contributed by atoms with Crippen LogP contribution in [0.4, 0.5) is 0 Å². The number of aldehydes is 1. The van der Waals surface area contributed by atoms with Crippen LogP contribution in [0.1, 0.15) is 44.8 Å². The molecule has 1 rings (SSSR count). The molecule has 1 aromatic heterocycles. The number of hydrogen-bond donors (Lipinski definition) is 0. The Kier molecular flexibility index (Phi) is 4.03. The molecule has 0 aromatic carbocycles. The summed E-state index contributed by atoms with van der Waals surface area (Å²) >= 11 is 1.70. The number of carbonyl (C=O) groups is 1. The molecule has 1 heterocycles. The quantitative estimate of drug-likeness (QED) is 0.736. The molecule has 0 N–H and O–H groups in total. The molecule has 2 nitrogen and oxygen atoms in total. The van der Waals surface area contributed by atoms with Crippen molar-refractivity contribution in [3.05, 3.63) is 16.1 Å². The van der Waals surface area contributed by atoms with Crippen LogP contribution in [0.15, 0.2) is 5.38 Å². The number of thiazole rings is 1. The fourth-order valence-corrected chi connectivity index (χ4v) is 2.23. The first-order valence-corrected chi connectivity index (χ1v) is 6.21. The molecule has 0 aliphatic heterocycles. The van der Waals surface area contributed by atoms with Crippen LogP contribution in [0.25, 0.3) is 0 Å². The molecule has 0 aliphatic carbocycles. The van der Waals surface area contributed by atoms with E-state index in [0.717, 1.165) is 29.8 Å². The minimum Gasteiger partial charge on any atom is -0.303 e. The van der Waals surface area contributed by atoms with E-state index in [4.69, 9.17) is 0 Å². The van der Waals surface area contributed by atoms with Crippen molar-refractivity contribution in [1.82, 2.24) is 4.98 Å². The third kappa shape index (κ3) is 3.74. The standard InChI is InChI=1S/C12H19NOS/c1-9(7-14)5-6-11-13-10(8-15-11)12(2,3)4/h7-9H,5-6H2,1-4H3. The highest BCUT2D eigenvalue weighted by Crippen LogP contribution is 2.24. The molecule has 3 heteroatoms. The molecule has 0 bridgehead atoms. The monoisotopic (exact) mass is 225 g/mol. The summed E-state index contributed by atoms with van der Waals surface area (Å²) in [6.07, 6.45) is 2.83. The number of aryl methyl sites for hydroxylation is 1. The number of hydrogen-bond acceptors (Lipinski definition) is 3.